The van der Waals surface area contributed by atoms with Gasteiger partial charge in [0.15, 0.2) is 0 Å². The van der Waals surface area contributed by atoms with E-state index in [-0.39, 0.29) is 28.2 Å². The number of carbonyl (C=O) groups excluding carboxylic acids is 1. The molecule has 25 heavy (non-hydrogen) atoms. The Kier molecular flexibility index (Phi) is 6.79. The fourth-order valence-corrected chi connectivity index (χ4v) is 4.69. The number of thioether (sulfide) groups is 1. The van der Waals surface area contributed by atoms with Gasteiger partial charge in [0.05, 0.1) is 25.1 Å². The molecule has 0 aromatic carbocycles. The smallest absolute Gasteiger partial charge is 0.481 e. The average Bonchev–Trinajstić information content (AvgIpc) is 3.02. The second-order valence-corrected chi connectivity index (χ2v) is 9.03. The van der Waals surface area contributed by atoms with E-state index in [1.54, 1.807) is 11.8 Å². The highest BCUT2D eigenvalue weighted by molar-refractivity contribution is 7.98. The van der Waals surface area contributed by atoms with Gasteiger partial charge in [0, 0.05) is 12.8 Å². The quantitative estimate of drug-likeness (QED) is 0.582. The van der Waals surface area contributed by atoms with Gasteiger partial charge in [-0.1, -0.05) is 11.8 Å². The van der Waals surface area contributed by atoms with E-state index in [9.17, 15) is 9.59 Å². The SMILES string of the molecule is CSC(OC1CCC(C(=O)O)CC1)[N+]1(C(=O)OC(C)(C)C)CCCC1. The molecule has 0 radical (unpaired) electrons. The van der Waals surface area contributed by atoms with Crippen molar-refractivity contribution in [3.8, 4) is 0 Å². The lowest BCUT2D eigenvalue weighted by molar-refractivity contribution is -0.879. The Morgan fingerprint density at radius 3 is 2.12 bits per heavy atom. The summed E-state index contributed by atoms with van der Waals surface area (Å²) >= 11 is 1.55. The summed E-state index contributed by atoms with van der Waals surface area (Å²) in [5.74, 6) is -0.968. The van der Waals surface area contributed by atoms with Crippen LogP contribution in [0.25, 0.3) is 0 Å². The van der Waals surface area contributed by atoms with Crippen LogP contribution in [0.2, 0.25) is 0 Å². The first-order valence-corrected chi connectivity index (χ1v) is 10.5. The summed E-state index contributed by atoms with van der Waals surface area (Å²) in [6.45, 7) is 7.15. The molecule has 7 heteroatoms. The molecule has 0 spiro atoms. The Labute approximate surface area is 154 Å². The van der Waals surface area contributed by atoms with Crippen LogP contribution in [-0.4, -0.2) is 58.3 Å². The number of rotatable bonds is 5. The summed E-state index contributed by atoms with van der Waals surface area (Å²) in [4.78, 5) is 24.1. The molecule has 1 aliphatic carbocycles. The minimum atomic E-state index is -0.711. The highest BCUT2D eigenvalue weighted by Gasteiger charge is 2.51. The van der Waals surface area contributed by atoms with Gasteiger partial charge in [-0.15, -0.1) is 0 Å². The van der Waals surface area contributed by atoms with Gasteiger partial charge in [0.25, 0.3) is 5.56 Å². The number of carbonyl (C=O) groups is 2. The maximum Gasteiger partial charge on any atom is 0.519 e. The van der Waals surface area contributed by atoms with Gasteiger partial charge in [-0.3, -0.25) is 4.79 Å². The van der Waals surface area contributed by atoms with Crippen molar-refractivity contribution < 1.29 is 28.7 Å². The second-order valence-electron chi connectivity index (χ2n) is 8.16. The van der Waals surface area contributed by atoms with E-state index >= 15 is 0 Å². The molecule has 2 fully saturated rings. The Morgan fingerprint density at radius 2 is 1.68 bits per heavy atom. The predicted octanol–water partition coefficient (Wildman–Crippen LogP) is 3.84. The summed E-state index contributed by atoms with van der Waals surface area (Å²) in [6.07, 6.45) is 6.54. The van der Waals surface area contributed by atoms with E-state index < -0.39 is 11.6 Å². The summed E-state index contributed by atoms with van der Waals surface area (Å²) in [5.41, 5.74) is -0.809. The number of likely N-dealkylation sites (tertiary alicyclic amines) is 1. The number of hydrogen-bond acceptors (Lipinski definition) is 5. The summed E-state index contributed by atoms with van der Waals surface area (Å²) in [6, 6.07) is 0. The third-order valence-electron chi connectivity index (χ3n) is 5.06. The Hall–Kier alpha value is -0.790. The van der Waals surface area contributed by atoms with Crippen LogP contribution in [0.4, 0.5) is 4.79 Å². The van der Waals surface area contributed by atoms with Crippen LogP contribution in [0, 0.1) is 5.92 Å². The van der Waals surface area contributed by atoms with E-state index in [4.69, 9.17) is 14.6 Å². The molecule has 0 bridgehead atoms. The largest absolute Gasteiger partial charge is 0.519 e. The molecule has 1 aliphatic heterocycles. The van der Waals surface area contributed by atoms with E-state index in [1.165, 1.54) is 0 Å². The van der Waals surface area contributed by atoms with Gasteiger partial charge in [-0.2, -0.15) is 9.28 Å². The van der Waals surface area contributed by atoms with Crippen molar-refractivity contribution in [3.05, 3.63) is 0 Å². The van der Waals surface area contributed by atoms with Crippen molar-refractivity contribution in [2.45, 2.75) is 76.6 Å². The number of hydrogen-bond donors (Lipinski definition) is 1. The number of quaternary nitrogens is 1. The molecule has 144 valence electrons. The number of aliphatic carboxylic acids is 1. The van der Waals surface area contributed by atoms with E-state index in [0.717, 1.165) is 38.8 Å². The third-order valence-corrected chi connectivity index (χ3v) is 5.98. The predicted molar refractivity (Wildman–Crippen MR) is 97.2 cm³/mol. The van der Waals surface area contributed by atoms with Crippen LogP contribution < -0.4 is 0 Å². The Morgan fingerprint density at radius 1 is 1.12 bits per heavy atom. The zero-order chi connectivity index (χ0) is 18.7. The monoisotopic (exact) mass is 374 g/mol. The van der Waals surface area contributed by atoms with Crippen molar-refractivity contribution in [1.29, 1.82) is 0 Å². The van der Waals surface area contributed by atoms with Crippen LogP contribution in [0.5, 0.6) is 0 Å². The highest BCUT2D eigenvalue weighted by Crippen LogP contribution is 2.36. The van der Waals surface area contributed by atoms with Gasteiger partial charge in [0.2, 0.25) is 0 Å². The number of carboxylic acid groups (broad SMARTS) is 1. The zero-order valence-electron chi connectivity index (χ0n) is 15.8. The number of carboxylic acids is 1. The lowest BCUT2D eigenvalue weighted by atomic mass is 9.87. The van der Waals surface area contributed by atoms with Gasteiger partial charge in [0.1, 0.15) is 5.60 Å². The van der Waals surface area contributed by atoms with E-state index in [1.807, 2.05) is 27.0 Å². The summed E-state index contributed by atoms with van der Waals surface area (Å²) < 4.78 is 12.3. The number of amides is 1. The van der Waals surface area contributed by atoms with Crippen LogP contribution in [0.1, 0.15) is 59.3 Å². The van der Waals surface area contributed by atoms with Gasteiger partial charge in [-0.05, 0) is 52.7 Å². The van der Waals surface area contributed by atoms with Crippen LogP contribution in [0.3, 0.4) is 0 Å². The minimum absolute atomic E-state index is 0.0195. The van der Waals surface area contributed by atoms with Crippen molar-refractivity contribution in [2.75, 3.05) is 19.3 Å². The first-order chi connectivity index (χ1) is 11.7. The standard InChI is InChI=1S/C18H31NO5S/c1-18(2,3)24-16(22)19(11-5-6-12-19)17(25-4)23-14-9-7-13(8-10-14)15(20)21/h13-14,17H,5-12H2,1-4H3/p+1. The lowest BCUT2D eigenvalue weighted by Crippen LogP contribution is -2.59. The van der Waals surface area contributed by atoms with E-state index in [2.05, 4.69) is 0 Å². The molecule has 1 saturated heterocycles. The van der Waals surface area contributed by atoms with Gasteiger partial charge >= 0.3 is 12.1 Å². The lowest BCUT2D eigenvalue weighted by Gasteiger charge is -2.39. The van der Waals surface area contributed by atoms with Crippen LogP contribution in [0.15, 0.2) is 0 Å². The Bertz CT molecular complexity index is 476. The first-order valence-electron chi connectivity index (χ1n) is 9.19. The number of ether oxygens (including phenoxy) is 2. The minimum Gasteiger partial charge on any atom is -0.481 e. The maximum absolute atomic E-state index is 12.9. The fraction of sp³-hybridized carbons (Fsp3) is 0.889. The first kappa shape index (κ1) is 20.5. The van der Waals surface area contributed by atoms with Crippen LogP contribution >= 0.6 is 11.8 Å². The molecule has 1 atom stereocenters. The van der Waals surface area contributed by atoms with Gasteiger partial charge < -0.3 is 14.6 Å². The van der Waals surface area contributed by atoms with Gasteiger partial charge in [-0.25, -0.2) is 0 Å². The summed E-state index contributed by atoms with van der Waals surface area (Å²) in [5, 5.41) is 9.14. The van der Waals surface area contributed by atoms with Crippen molar-refractivity contribution in [1.82, 2.24) is 0 Å². The molecule has 6 nitrogen and oxygen atoms in total. The number of nitrogens with zero attached hydrogens (tertiary/aromatic N) is 1. The molecule has 1 amide bonds. The molecule has 0 aromatic rings. The zero-order valence-corrected chi connectivity index (χ0v) is 16.6. The molecule has 2 rings (SSSR count). The van der Waals surface area contributed by atoms with Crippen molar-refractivity contribution in [3.63, 3.8) is 0 Å². The average molecular weight is 375 g/mol. The Balaban J connectivity index is 2.05. The molecule has 2 aliphatic rings. The molecule has 1 saturated carbocycles. The topological polar surface area (TPSA) is 72.8 Å². The molecular weight excluding hydrogens is 342 g/mol. The maximum atomic E-state index is 12.9. The van der Waals surface area contributed by atoms with Crippen molar-refractivity contribution >= 4 is 23.8 Å². The second kappa shape index (κ2) is 8.27. The third kappa shape index (κ3) is 5.11. The van der Waals surface area contributed by atoms with E-state index in [0.29, 0.717) is 12.8 Å². The molecular formula is C18H32NO5S+. The molecule has 0 aromatic heterocycles. The fourth-order valence-electron chi connectivity index (χ4n) is 3.72. The molecule has 1 N–H and O–H groups in total. The molecule has 1 unspecified atom stereocenters. The normalized spacial score (nSPS) is 27.7. The summed E-state index contributed by atoms with van der Waals surface area (Å²) in [7, 11) is 0. The van der Waals surface area contributed by atoms with Crippen LogP contribution in [-0.2, 0) is 14.3 Å². The van der Waals surface area contributed by atoms with Crippen molar-refractivity contribution in [2.24, 2.45) is 5.92 Å². The molecule has 1 heterocycles. The highest BCUT2D eigenvalue weighted by atomic mass is 32.2.